The molecule has 0 atom stereocenters. The van der Waals surface area contributed by atoms with Gasteiger partial charge >= 0.3 is 0 Å². The maximum Gasteiger partial charge on any atom is 0.126 e. The van der Waals surface area contributed by atoms with Crippen LogP contribution in [-0.2, 0) is 12.2 Å². The molecule has 1 aliphatic heterocycles. The first kappa shape index (κ1) is 14.5. The zero-order valence-corrected chi connectivity index (χ0v) is 13.3. The molecule has 0 bridgehead atoms. The number of rotatable bonds is 4. The van der Waals surface area contributed by atoms with E-state index in [1.165, 1.54) is 22.3 Å². The molecule has 0 saturated carbocycles. The van der Waals surface area contributed by atoms with Gasteiger partial charge in [0.25, 0.3) is 0 Å². The Bertz CT molecular complexity index is 489. The number of hydrogen-bond donors (Lipinski definition) is 0. The van der Waals surface area contributed by atoms with Gasteiger partial charge in [-0.3, -0.25) is 0 Å². The third-order valence-corrected chi connectivity index (χ3v) is 4.82. The molecule has 0 aliphatic carbocycles. The third-order valence-electron chi connectivity index (χ3n) is 3.83. The van der Waals surface area contributed by atoms with E-state index >= 15 is 0 Å². The summed E-state index contributed by atoms with van der Waals surface area (Å²) in [5.41, 5.74) is 5.49. The van der Waals surface area contributed by atoms with Crippen LogP contribution in [0.2, 0.25) is 0 Å². The van der Waals surface area contributed by atoms with Gasteiger partial charge in [-0.2, -0.15) is 11.8 Å². The first-order valence-electron chi connectivity index (χ1n) is 6.94. The minimum atomic E-state index is -0.0307. The van der Waals surface area contributed by atoms with Crippen LogP contribution >= 0.6 is 11.8 Å². The average Bonchev–Trinajstić information content (AvgIpc) is 2.34. The van der Waals surface area contributed by atoms with Crippen LogP contribution in [0.25, 0.3) is 0 Å². The van der Waals surface area contributed by atoms with E-state index in [2.05, 4.69) is 40.3 Å². The van der Waals surface area contributed by atoms with Crippen LogP contribution in [-0.4, -0.2) is 11.4 Å². The molecule has 0 aromatic heterocycles. The summed E-state index contributed by atoms with van der Waals surface area (Å²) in [6.07, 6.45) is 4.20. The lowest BCUT2D eigenvalue weighted by Gasteiger charge is -2.35. The van der Waals surface area contributed by atoms with Crippen LogP contribution in [0.4, 0.5) is 0 Å². The van der Waals surface area contributed by atoms with Crippen LogP contribution in [0, 0.1) is 13.8 Å². The zero-order chi connectivity index (χ0) is 14.0. The summed E-state index contributed by atoms with van der Waals surface area (Å²) < 4.78 is 6.25. The zero-order valence-electron chi connectivity index (χ0n) is 12.5. The summed E-state index contributed by atoms with van der Waals surface area (Å²) in [6.45, 7) is 12.5. The quantitative estimate of drug-likeness (QED) is 0.575. The second-order valence-corrected chi connectivity index (χ2v) is 6.98. The standard InChI is InChI=1S/C17H24OS/c1-6-9-19-11-14-10-12(2)13(3)16-15(14)7-8-17(4,5)18-16/h6,10H,1,7-9,11H2,2-5H3. The molecule has 0 unspecified atom stereocenters. The van der Waals surface area contributed by atoms with Gasteiger partial charge in [0.15, 0.2) is 0 Å². The fraction of sp³-hybridized carbons (Fsp3) is 0.529. The van der Waals surface area contributed by atoms with Gasteiger partial charge in [0.05, 0.1) is 0 Å². The van der Waals surface area contributed by atoms with Crippen molar-refractivity contribution in [2.75, 3.05) is 5.75 Å². The van der Waals surface area contributed by atoms with E-state index in [0.29, 0.717) is 0 Å². The van der Waals surface area contributed by atoms with Crippen molar-refractivity contribution in [1.29, 1.82) is 0 Å². The topological polar surface area (TPSA) is 9.23 Å². The van der Waals surface area contributed by atoms with Crippen LogP contribution in [0.15, 0.2) is 18.7 Å². The van der Waals surface area contributed by atoms with Crippen LogP contribution < -0.4 is 4.74 Å². The van der Waals surface area contributed by atoms with Crippen molar-refractivity contribution >= 4 is 11.8 Å². The Kier molecular flexibility index (Phi) is 4.29. The highest BCUT2D eigenvalue weighted by Gasteiger charge is 2.29. The van der Waals surface area contributed by atoms with Crippen molar-refractivity contribution < 1.29 is 4.74 Å². The van der Waals surface area contributed by atoms with E-state index in [1.807, 2.05) is 17.8 Å². The molecule has 1 nitrogen and oxygen atoms in total. The molecular formula is C17H24OS. The minimum Gasteiger partial charge on any atom is -0.487 e. The van der Waals surface area contributed by atoms with Gasteiger partial charge in [0.1, 0.15) is 11.4 Å². The van der Waals surface area contributed by atoms with Crippen molar-refractivity contribution in [3.8, 4) is 5.75 Å². The molecule has 0 saturated heterocycles. The van der Waals surface area contributed by atoms with Crippen molar-refractivity contribution in [3.63, 3.8) is 0 Å². The van der Waals surface area contributed by atoms with Gasteiger partial charge in [0, 0.05) is 11.5 Å². The largest absolute Gasteiger partial charge is 0.487 e. The molecule has 0 radical (unpaired) electrons. The first-order chi connectivity index (χ1) is 8.94. The molecular weight excluding hydrogens is 252 g/mol. The Balaban J connectivity index is 2.36. The number of fused-ring (bicyclic) bond motifs is 1. The highest BCUT2D eigenvalue weighted by molar-refractivity contribution is 7.98. The summed E-state index contributed by atoms with van der Waals surface area (Å²) in [5.74, 6) is 3.21. The predicted molar refractivity (Wildman–Crippen MR) is 85.3 cm³/mol. The normalized spacial score (nSPS) is 16.6. The van der Waals surface area contributed by atoms with E-state index < -0.39 is 0 Å². The van der Waals surface area contributed by atoms with Crippen LogP contribution in [0.3, 0.4) is 0 Å². The molecule has 104 valence electrons. The molecule has 1 aromatic carbocycles. The third kappa shape index (κ3) is 3.17. The Morgan fingerprint density at radius 1 is 1.42 bits per heavy atom. The summed E-state index contributed by atoms with van der Waals surface area (Å²) in [6, 6.07) is 2.34. The highest BCUT2D eigenvalue weighted by Crippen LogP contribution is 2.40. The van der Waals surface area contributed by atoms with Gasteiger partial charge < -0.3 is 4.74 Å². The SMILES string of the molecule is C=CCSCc1cc(C)c(C)c2c1CCC(C)(C)O2. The van der Waals surface area contributed by atoms with Gasteiger partial charge in [-0.05, 0) is 62.8 Å². The lowest BCUT2D eigenvalue weighted by molar-refractivity contribution is 0.0833. The number of hydrogen-bond acceptors (Lipinski definition) is 2. The van der Waals surface area contributed by atoms with Gasteiger partial charge in [0.2, 0.25) is 0 Å². The van der Waals surface area contributed by atoms with E-state index in [9.17, 15) is 0 Å². The fourth-order valence-electron chi connectivity index (χ4n) is 2.55. The van der Waals surface area contributed by atoms with Crippen LogP contribution in [0.1, 0.15) is 42.5 Å². The Morgan fingerprint density at radius 3 is 2.84 bits per heavy atom. The Labute approximate surface area is 121 Å². The van der Waals surface area contributed by atoms with Gasteiger partial charge in [-0.15, -0.1) is 6.58 Å². The average molecular weight is 276 g/mol. The van der Waals surface area contributed by atoms with Gasteiger partial charge in [-0.1, -0.05) is 12.1 Å². The summed E-state index contributed by atoms with van der Waals surface area (Å²) >= 11 is 1.92. The number of ether oxygens (including phenoxy) is 1. The predicted octanol–water partition coefficient (Wildman–Crippen LogP) is 4.83. The van der Waals surface area contributed by atoms with E-state index in [1.54, 1.807) is 0 Å². The smallest absolute Gasteiger partial charge is 0.126 e. The molecule has 0 fully saturated rings. The molecule has 1 aromatic rings. The summed E-state index contributed by atoms with van der Waals surface area (Å²) in [4.78, 5) is 0. The first-order valence-corrected chi connectivity index (χ1v) is 8.09. The van der Waals surface area contributed by atoms with Crippen molar-refractivity contribution in [2.24, 2.45) is 0 Å². The monoisotopic (exact) mass is 276 g/mol. The van der Waals surface area contributed by atoms with Crippen LogP contribution in [0.5, 0.6) is 5.75 Å². The lowest BCUT2D eigenvalue weighted by Crippen LogP contribution is -2.33. The maximum atomic E-state index is 6.25. The highest BCUT2D eigenvalue weighted by atomic mass is 32.2. The van der Waals surface area contributed by atoms with E-state index in [-0.39, 0.29) is 5.60 Å². The fourth-order valence-corrected chi connectivity index (χ4v) is 3.32. The minimum absolute atomic E-state index is 0.0307. The van der Waals surface area contributed by atoms with Crippen molar-refractivity contribution in [2.45, 2.75) is 51.9 Å². The second kappa shape index (κ2) is 5.62. The molecule has 19 heavy (non-hydrogen) atoms. The van der Waals surface area contributed by atoms with E-state index in [0.717, 1.165) is 30.1 Å². The number of aryl methyl sites for hydroxylation is 1. The summed E-state index contributed by atoms with van der Waals surface area (Å²) in [7, 11) is 0. The van der Waals surface area contributed by atoms with E-state index in [4.69, 9.17) is 4.74 Å². The van der Waals surface area contributed by atoms with Gasteiger partial charge in [-0.25, -0.2) is 0 Å². The van der Waals surface area contributed by atoms with Crippen molar-refractivity contribution in [3.05, 3.63) is 41.0 Å². The molecule has 0 amide bonds. The number of thioether (sulfide) groups is 1. The summed E-state index contributed by atoms with van der Waals surface area (Å²) in [5, 5.41) is 0. The number of benzene rings is 1. The lowest BCUT2D eigenvalue weighted by atomic mass is 9.89. The molecule has 1 heterocycles. The Morgan fingerprint density at radius 2 is 2.16 bits per heavy atom. The molecule has 2 heteroatoms. The van der Waals surface area contributed by atoms with Crippen molar-refractivity contribution in [1.82, 2.24) is 0 Å². The molecule has 0 spiro atoms. The maximum absolute atomic E-state index is 6.25. The Hall–Kier alpha value is -0.890. The molecule has 1 aliphatic rings. The molecule has 0 N–H and O–H groups in total. The molecule has 2 rings (SSSR count). The second-order valence-electron chi connectivity index (χ2n) is 5.95.